The average Bonchev–Trinajstić information content (AvgIpc) is 2.84. The highest BCUT2D eigenvalue weighted by Crippen LogP contribution is 2.28. The molecule has 5 heteroatoms. The van der Waals surface area contributed by atoms with Gasteiger partial charge in [-0.3, -0.25) is 4.79 Å². The van der Waals surface area contributed by atoms with E-state index in [0.717, 1.165) is 5.52 Å². The van der Waals surface area contributed by atoms with Crippen LogP contribution in [0.4, 0.5) is 10.1 Å². The fourth-order valence-electron chi connectivity index (χ4n) is 2.15. The third-order valence-corrected chi connectivity index (χ3v) is 4.05. The molecule has 0 aliphatic rings. The van der Waals surface area contributed by atoms with Crippen molar-refractivity contribution in [1.29, 1.82) is 0 Å². The number of halogens is 2. The molecule has 3 nitrogen and oxygen atoms in total. The number of hydrogen-bond acceptors (Lipinski definition) is 2. The summed E-state index contributed by atoms with van der Waals surface area (Å²) in [6, 6.07) is 9.40. The second-order valence-electron chi connectivity index (χ2n) is 4.43. The number of hydrogen-bond donors (Lipinski definition) is 2. The summed E-state index contributed by atoms with van der Waals surface area (Å²) in [4.78, 5) is 15.5. The van der Waals surface area contributed by atoms with Crippen LogP contribution in [0, 0.1) is 5.82 Å². The Hall–Kier alpha value is -2.14. The zero-order valence-electron chi connectivity index (χ0n) is 10.3. The third-order valence-electron chi connectivity index (χ3n) is 3.16. The molecule has 3 rings (SSSR count). The Balaban J connectivity index is 2.18. The number of aromatic nitrogens is 1. The lowest BCUT2D eigenvalue weighted by Gasteiger charge is -2.05. The third kappa shape index (κ3) is 2.00. The average molecular weight is 333 g/mol. The van der Waals surface area contributed by atoms with Crippen molar-refractivity contribution in [2.24, 2.45) is 0 Å². The number of anilines is 1. The Morgan fingerprint density at radius 2 is 2.00 bits per heavy atom. The molecule has 3 aromatic rings. The van der Waals surface area contributed by atoms with E-state index in [1.54, 1.807) is 30.5 Å². The highest BCUT2D eigenvalue weighted by Gasteiger charge is 2.17. The standard InChI is InChI=1S/C15H10BrFN2O/c16-14-9(2-1-3-12(14)18)15(20)11-7-19-13-5-4-8(17)6-10(11)13/h1-7,19H,18H2. The van der Waals surface area contributed by atoms with E-state index in [1.807, 2.05) is 0 Å². The van der Waals surface area contributed by atoms with Gasteiger partial charge >= 0.3 is 0 Å². The number of ketones is 1. The quantitative estimate of drug-likeness (QED) is 0.552. The summed E-state index contributed by atoms with van der Waals surface area (Å²) < 4.78 is 13.9. The highest BCUT2D eigenvalue weighted by molar-refractivity contribution is 9.10. The van der Waals surface area contributed by atoms with E-state index >= 15 is 0 Å². The Bertz CT molecular complexity index is 826. The molecule has 0 aliphatic heterocycles. The molecule has 0 bridgehead atoms. The van der Waals surface area contributed by atoms with Crippen LogP contribution in [-0.4, -0.2) is 10.8 Å². The van der Waals surface area contributed by atoms with Crippen molar-refractivity contribution in [3.05, 3.63) is 64.0 Å². The minimum Gasteiger partial charge on any atom is -0.398 e. The molecule has 0 fully saturated rings. The summed E-state index contributed by atoms with van der Waals surface area (Å²) in [5.74, 6) is -0.584. The Labute approximate surface area is 122 Å². The van der Waals surface area contributed by atoms with E-state index in [0.29, 0.717) is 26.7 Å². The molecule has 3 N–H and O–H groups in total. The second kappa shape index (κ2) is 4.76. The first kappa shape index (κ1) is 12.9. The van der Waals surface area contributed by atoms with Gasteiger partial charge in [0.15, 0.2) is 5.78 Å². The van der Waals surface area contributed by atoms with Crippen LogP contribution in [0.5, 0.6) is 0 Å². The van der Waals surface area contributed by atoms with Gasteiger partial charge in [-0.2, -0.15) is 0 Å². The van der Waals surface area contributed by atoms with Crippen LogP contribution >= 0.6 is 15.9 Å². The molecule has 0 saturated carbocycles. The molecule has 0 amide bonds. The maximum atomic E-state index is 13.3. The monoisotopic (exact) mass is 332 g/mol. The highest BCUT2D eigenvalue weighted by atomic mass is 79.9. The molecule has 0 unspecified atom stereocenters. The maximum Gasteiger partial charge on any atom is 0.196 e. The van der Waals surface area contributed by atoms with Crippen molar-refractivity contribution in [2.75, 3.05) is 5.73 Å². The van der Waals surface area contributed by atoms with Crippen molar-refractivity contribution >= 4 is 38.3 Å². The van der Waals surface area contributed by atoms with Crippen LogP contribution in [-0.2, 0) is 0 Å². The smallest absolute Gasteiger partial charge is 0.196 e. The summed E-state index contributed by atoms with van der Waals surface area (Å²) in [6.07, 6.45) is 1.59. The van der Waals surface area contributed by atoms with Crippen LogP contribution < -0.4 is 5.73 Å². The number of aromatic amines is 1. The molecule has 20 heavy (non-hydrogen) atoms. The van der Waals surface area contributed by atoms with Crippen molar-refractivity contribution in [2.45, 2.75) is 0 Å². The van der Waals surface area contributed by atoms with Gasteiger partial charge in [0.2, 0.25) is 0 Å². The molecule has 1 heterocycles. The fraction of sp³-hybridized carbons (Fsp3) is 0. The van der Waals surface area contributed by atoms with Crippen LogP contribution in [0.15, 0.2) is 47.1 Å². The predicted molar refractivity (Wildman–Crippen MR) is 80.2 cm³/mol. The topological polar surface area (TPSA) is 58.9 Å². The van der Waals surface area contributed by atoms with Gasteiger partial charge in [0.1, 0.15) is 5.82 Å². The molecule has 0 radical (unpaired) electrons. The minimum atomic E-state index is -0.377. The molecule has 0 atom stereocenters. The van der Waals surface area contributed by atoms with Crippen molar-refractivity contribution in [3.8, 4) is 0 Å². The predicted octanol–water partition coefficient (Wildman–Crippen LogP) is 3.88. The Morgan fingerprint density at radius 3 is 2.80 bits per heavy atom. The van der Waals surface area contributed by atoms with Gasteiger partial charge in [-0.25, -0.2) is 4.39 Å². The van der Waals surface area contributed by atoms with Gasteiger partial charge in [0.05, 0.1) is 4.47 Å². The molecule has 0 saturated heterocycles. The van der Waals surface area contributed by atoms with Crippen LogP contribution in [0.1, 0.15) is 15.9 Å². The SMILES string of the molecule is Nc1cccc(C(=O)c2c[nH]c3ccc(F)cc23)c1Br. The van der Waals surface area contributed by atoms with Crippen molar-refractivity contribution < 1.29 is 9.18 Å². The van der Waals surface area contributed by atoms with E-state index in [2.05, 4.69) is 20.9 Å². The second-order valence-corrected chi connectivity index (χ2v) is 5.22. The number of H-pyrrole nitrogens is 1. The molecule has 2 aromatic carbocycles. The van der Waals surface area contributed by atoms with Gasteiger partial charge < -0.3 is 10.7 Å². The van der Waals surface area contributed by atoms with Crippen LogP contribution in [0.2, 0.25) is 0 Å². The summed E-state index contributed by atoms with van der Waals surface area (Å²) in [7, 11) is 0. The van der Waals surface area contributed by atoms with E-state index in [4.69, 9.17) is 5.73 Å². The zero-order chi connectivity index (χ0) is 14.3. The molecule has 100 valence electrons. The first-order valence-corrected chi connectivity index (χ1v) is 6.72. The fourth-order valence-corrected chi connectivity index (χ4v) is 2.60. The molecular weight excluding hydrogens is 323 g/mol. The number of rotatable bonds is 2. The number of carbonyl (C=O) groups is 1. The summed E-state index contributed by atoms with van der Waals surface area (Å²) in [5, 5.41) is 0.560. The number of nitrogens with two attached hydrogens (primary N) is 1. The molecule has 1 aromatic heterocycles. The van der Waals surface area contributed by atoms with E-state index in [9.17, 15) is 9.18 Å². The number of nitrogens with one attached hydrogen (secondary N) is 1. The number of benzene rings is 2. The van der Waals surface area contributed by atoms with Gasteiger partial charge in [-0.05, 0) is 46.3 Å². The number of carbonyl (C=O) groups excluding carboxylic acids is 1. The maximum absolute atomic E-state index is 13.3. The lowest BCUT2D eigenvalue weighted by Crippen LogP contribution is -2.03. The normalized spacial score (nSPS) is 10.9. The van der Waals surface area contributed by atoms with Gasteiger partial charge in [0.25, 0.3) is 0 Å². The molecular formula is C15H10BrFN2O. The van der Waals surface area contributed by atoms with E-state index in [1.165, 1.54) is 12.1 Å². The van der Waals surface area contributed by atoms with Crippen molar-refractivity contribution in [1.82, 2.24) is 4.98 Å². The Morgan fingerprint density at radius 1 is 1.20 bits per heavy atom. The largest absolute Gasteiger partial charge is 0.398 e. The van der Waals surface area contributed by atoms with Crippen molar-refractivity contribution in [3.63, 3.8) is 0 Å². The van der Waals surface area contributed by atoms with Crippen LogP contribution in [0.25, 0.3) is 10.9 Å². The lowest BCUT2D eigenvalue weighted by atomic mass is 10.0. The number of nitrogen functional groups attached to an aromatic ring is 1. The zero-order valence-corrected chi connectivity index (χ0v) is 11.9. The minimum absolute atomic E-state index is 0.207. The van der Waals surface area contributed by atoms with E-state index < -0.39 is 0 Å². The lowest BCUT2D eigenvalue weighted by molar-refractivity contribution is 0.103. The summed E-state index contributed by atoms with van der Waals surface area (Å²) in [6.45, 7) is 0. The molecule has 0 aliphatic carbocycles. The van der Waals surface area contributed by atoms with Gasteiger partial charge in [0, 0.05) is 33.9 Å². The van der Waals surface area contributed by atoms with E-state index in [-0.39, 0.29) is 11.6 Å². The Kier molecular flexibility index (Phi) is 3.06. The van der Waals surface area contributed by atoms with Gasteiger partial charge in [-0.15, -0.1) is 0 Å². The first-order valence-electron chi connectivity index (χ1n) is 5.93. The van der Waals surface area contributed by atoms with Gasteiger partial charge in [-0.1, -0.05) is 6.07 Å². The van der Waals surface area contributed by atoms with Crippen LogP contribution in [0.3, 0.4) is 0 Å². The summed E-state index contributed by atoms with van der Waals surface area (Å²) >= 11 is 3.31. The number of fused-ring (bicyclic) bond motifs is 1. The first-order chi connectivity index (χ1) is 9.58. The molecule has 0 spiro atoms. The summed E-state index contributed by atoms with van der Waals surface area (Å²) in [5.41, 5.74) is 7.86.